The first kappa shape index (κ1) is 10.5. The van der Waals surface area contributed by atoms with E-state index in [0.29, 0.717) is 11.3 Å². The number of benzene rings is 1. The van der Waals surface area contributed by atoms with Gasteiger partial charge in [0.05, 0.1) is 0 Å². The van der Waals surface area contributed by atoms with Crippen LogP contribution in [0.4, 0.5) is 0 Å². The van der Waals surface area contributed by atoms with Crippen LogP contribution >= 0.6 is 0 Å². The van der Waals surface area contributed by atoms with Gasteiger partial charge in [-0.25, -0.2) is 0 Å². The first-order valence-corrected chi connectivity index (χ1v) is 5.71. The zero-order valence-corrected chi connectivity index (χ0v) is 9.29. The predicted molar refractivity (Wildman–Crippen MR) is 62.1 cm³/mol. The van der Waals surface area contributed by atoms with Crippen molar-refractivity contribution in [3.8, 4) is 5.75 Å². The van der Waals surface area contributed by atoms with E-state index in [2.05, 4.69) is 12.2 Å². The average molecular weight is 205 g/mol. The maximum absolute atomic E-state index is 9.17. The van der Waals surface area contributed by atoms with Crippen molar-refractivity contribution in [2.75, 3.05) is 6.54 Å². The highest BCUT2D eigenvalue weighted by Crippen LogP contribution is 2.24. The monoisotopic (exact) mass is 205 g/mol. The normalized spacial score (nSPS) is 25.7. The van der Waals surface area contributed by atoms with Gasteiger partial charge in [0.25, 0.3) is 0 Å². The van der Waals surface area contributed by atoms with Crippen LogP contribution in [0.25, 0.3) is 0 Å². The van der Waals surface area contributed by atoms with Gasteiger partial charge in [-0.3, -0.25) is 0 Å². The van der Waals surface area contributed by atoms with Crippen molar-refractivity contribution in [1.82, 2.24) is 5.32 Å². The predicted octanol–water partition coefficient (Wildman–Crippen LogP) is 2.47. The molecule has 15 heavy (non-hydrogen) atoms. The highest BCUT2D eigenvalue weighted by atomic mass is 16.3. The Labute approximate surface area is 91.3 Å². The molecular formula is C13H19NO. The maximum atomic E-state index is 9.17. The van der Waals surface area contributed by atoms with Crippen LogP contribution in [0, 0.1) is 0 Å². The molecule has 2 nitrogen and oxygen atoms in total. The Bertz CT molecular complexity index is 312. The lowest BCUT2D eigenvalue weighted by Gasteiger charge is -2.24. The summed E-state index contributed by atoms with van der Waals surface area (Å²) >= 11 is 0. The van der Waals surface area contributed by atoms with Crippen LogP contribution in [0.15, 0.2) is 24.3 Å². The Morgan fingerprint density at radius 3 is 2.67 bits per heavy atom. The molecule has 0 bridgehead atoms. The smallest absolute Gasteiger partial charge is 0.115 e. The lowest BCUT2D eigenvalue weighted by Crippen LogP contribution is -2.36. The van der Waals surface area contributed by atoms with Gasteiger partial charge < -0.3 is 10.4 Å². The van der Waals surface area contributed by atoms with E-state index < -0.39 is 0 Å². The Kier molecular flexibility index (Phi) is 2.96. The summed E-state index contributed by atoms with van der Waals surface area (Å²) in [5.74, 6) is 0.351. The van der Waals surface area contributed by atoms with Crippen LogP contribution in [0.1, 0.15) is 31.7 Å². The number of hydrogen-bond donors (Lipinski definition) is 2. The molecule has 0 amide bonds. The number of phenols is 1. The van der Waals surface area contributed by atoms with E-state index in [-0.39, 0.29) is 0 Å². The van der Waals surface area contributed by atoms with Gasteiger partial charge in [-0.15, -0.1) is 0 Å². The summed E-state index contributed by atoms with van der Waals surface area (Å²) in [6.45, 7) is 3.46. The van der Waals surface area contributed by atoms with Gasteiger partial charge in [0.15, 0.2) is 0 Å². The topological polar surface area (TPSA) is 32.3 Å². The fourth-order valence-electron chi connectivity index (χ4n) is 2.25. The maximum Gasteiger partial charge on any atom is 0.115 e. The summed E-state index contributed by atoms with van der Waals surface area (Å²) in [5.41, 5.74) is 1.64. The second-order valence-corrected chi connectivity index (χ2v) is 4.76. The Hall–Kier alpha value is -1.02. The van der Waals surface area contributed by atoms with Gasteiger partial charge in [-0.2, -0.15) is 0 Å². The molecule has 1 unspecified atom stereocenters. The van der Waals surface area contributed by atoms with Crippen molar-refractivity contribution >= 4 is 0 Å². The van der Waals surface area contributed by atoms with Crippen molar-refractivity contribution in [2.24, 2.45) is 0 Å². The molecule has 1 aliphatic heterocycles. The molecule has 0 radical (unpaired) electrons. The first-order valence-electron chi connectivity index (χ1n) is 5.71. The molecule has 82 valence electrons. The molecule has 0 spiro atoms. The molecule has 1 aliphatic rings. The Morgan fingerprint density at radius 1 is 1.33 bits per heavy atom. The number of phenolic OH excluding ortho intramolecular Hbond substituents is 1. The molecule has 1 atom stereocenters. The van der Waals surface area contributed by atoms with Crippen LogP contribution in [0.5, 0.6) is 5.75 Å². The summed E-state index contributed by atoms with van der Waals surface area (Å²) in [4.78, 5) is 0. The molecule has 0 aliphatic carbocycles. The zero-order chi connectivity index (χ0) is 10.7. The SMILES string of the molecule is CC1(CCc2ccc(O)cc2)CCCN1. The fourth-order valence-corrected chi connectivity index (χ4v) is 2.25. The molecule has 1 aromatic rings. The third kappa shape index (κ3) is 2.72. The van der Waals surface area contributed by atoms with Crippen molar-refractivity contribution in [1.29, 1.82) is 0 Å². The minimum atomic E-state index is 0.331. The first-order chi connectivity index (χ1) is 7.18. The molecule has 2 heteroatoms. The molecule has 1 heterocycles. The van der Waals surface area contributed by atoms with Crippen LogP contribution in [0.3, 0.4) is 0 Å². The van der Waals surface area contributed by atoms with Crippen LogP contribution in [-0.4, -0.2) is 17.2 Å². The van der Waals surface area contributed by atoms with Gasteiger partial charge in [-0.1, -0.05) is 12.1 Å². The summed E-state index contributed by atoms with van der Waals surface area (Å²) < 4.78 is 0. The van der Waals surface area contributed by atoms with E-state index in [1.54, 1.807) is 12.1 Å². The van der Waals surface area contributed by atoms with Crippen molar-refractivity contribution < 1.29 is 5.11 Å². The van der Waals surface area contributed by atoms with Crippen molar-refractivity contribution in [3.05, 3.63) is 29.8 Å². The third-order valence-corrected chi connectivity index (χ3v) is 3.36. The number of hydrogen-bond acceptors (Lipinski definition) is 2. The van der Waals surface area contributed by atoms with E-state index in [0.717, 1.165) is 13.0 Å². The second kappa shape index (κ2) is 4.23. The van der Waals surface area contributed by atoms with Gasteiger partial charge in [0, 0.05) is 5.54 Å². The fraction of sp³-hybridized carbons (Fsp3) is 0.538. The molecule has 2 rings (SSSR count). The Balaban J connectivity index is 1.90. The van der Waals surface area contributed by atoms with E-state index >= 15 is 0 Å². The van der Waals surface area contributed by atoms with Crippen molar-refractivity contribution in [3.63, 3.8) is 0 Å². The lowest BCUT2D eigenvalue weighted by atomic mass is 9.92. The van der Waals surface area contributed by atoms with Crippen LogP contribution in [0.2, 0.25) is 0 Å². The number of aromatic hydroxyl groups is 1. The number of aryl methyl sites for hydroxylation is 1. The van der Waals surface area contributed by atoms with E-state index in [4.69, 9.17) is 0 Å². The van der Waals surface area contributed by atoms with Gasteiger partial charge in [-0.05, 0) is 56.8 Å². The van der Waals surface area contributed by atoms with E-state index in [9.17, 15) is 5.11 Å². The summed E-state index contributed by atoms with van der Waals surface area (Å²) in [6, 6.07) is 7.54. The average Bonchev–Trinajstić information content (AvgIpc) is 2.65. The highest BCUT2D eigenvalue weighted by molar-refractivity contribution is 5.26. The van der Waals surface area contributed by atoms with Gasteiger partial charge in [0.2, 0.25) is 0 Å². The standard InChI is InChI=1S/C13H19NO/c1-13(8-2-10-14-13)9-7-11-3-5-12(15)6-4-11/h3-6,14-15H,2,7-10H2,1H3. The lowest BCUT2D eigenvalue weighted by molar-refractivity contribution is 0.384. The minimum Gasteiger partial charge on any atom is -0.508 e. The van der Waals surface area contributed by atoms with E-state index in [1.807, 2.05) is 12.1 Å². The second-order valence-electron chi connectivity index (χ2n) is 4.76. The molecule has 1 fully saturated rings. The largest absolute Gasteiger partial charge is 0.508 e. The van der Waals surface area contributed by atoms with E-state index in [1.165, 1.54) is 24.8 Å². The van der Waals surface area contributed by atoms with Crippen LogP contribution in [-0.2, 0) is 6.42 Å². The molecule has 1 aromatic carbocycles. The Morgan fingerprint density at radius 2 is 2.07 bits per heavy atom. The summed E-state index contributed by atoms with van der Waals surface area (Å²) in [5, 5.41) is 12.7. The quantitative estimate of drug-likeness (QED) is 0.794. The molecular weight excluding hydrogens is 186 g/mol. The molecule has 1 saturated heterocycles. The number of nitrogens with one attached hydrogen (secondary N) is 1. The molecule has 2 N–H and O–H groups in total. The van der Waals surface area contributed by atoms with Gasteiger partial charge >= 0.3 is 0 Å². The van der Waals surface area contributed by atoms with Crippen LogP contribution < -0.4 is 5.32 Å². The summed E-state index contributed by atoms with van der Waals surface area (Å²) in [7, 11) is 0. The summed E-state index contributed by atoms with van der Waals surface area (Å²) in [6.07, 6.45) is 4.85. The number of rotatable bonds is 3. The molecule has 0 aromatic heterocycles. The minimum absolute atomic E-state index is 0.331. The highest BCUT2D eigenvalue weighted by Gasteiger charge is 2.27. The molecule has 0 saturated carbocycles. The van der Waals surface area contributed by atoms with Crippen molar-refractivity contribution in [2.45, 2.75) is 38.1 Å². The van der Waals surface area contributed by atoms with Gasteiger partial charge in [0.1, 0.15) is 5.75 Å². The zero-order valence-electron chi connectivity index (χ0n) is 9.29. The third-order valence-electron chi connectivity index (χ3n) is 3.36.